The predicted octanol–water partition coefficient (Wildman–Crippen LogP) is 2.90. The molecule has 1 unspecified atom stereocenters. The molecule has 1 atom stereocenters. The normalized spacial score (nSPS) is 23.1. The highest BCUT2D eigenvalue weighted by molar-refractivity contribution is 5.86. The molecule has 5 nitrogen and oxygen atoms in total. The Morgan fingerprint density at radius 2 is 2.00 bits per heavy atom. The topological polar surface area (TPSA) is 55.8 Å². The van der Waals surface area contributed by atoms with E-state index in [2.05, 4.69) is 6.58 Å². The Bertz CT molecular complexity index is 386. The lowest BCUT2D eigenvalue weighted by molar-refractivity contribution is -0.157. The molecule has 0 N–H and O–H groups in total. The third kappa shape index (κ3) is 3.52. The molecule has 1 saturated heterocycles. The van der Waals surface area contributed by atoms with Crippen molar-refractivity contribution in [2.24, 2.45) is 0 Å². The minimum Gasteiger partial charge on any atom is -0.467 e. The lowest BCUT2D eigenvalue weighted by Crippen LogP contribution is -2.60. The van der Waals surface area contributed by atoms with Gasteiger partial charge in [0.05, 0.1) is 7.11 Å². The minimum atomic E-state index is -0.975. The molecule has 0 spiro atoms. The summed E-state index contributed by atoms with van der Waals surface area (Å²) in [6.07, 6.45) is 3.87. The summed E-state index contributed by atoms with van der Waals surface area (Å²) >= 11 is 0. The Kier molecular flexibility index (Phi) is 5.20. The second kappa shape index (κ2) is 6.29. The van der Waals surface area contributed by atoms with Crippen molar-refractivity contribution in [1.29, 1.82) is 0 Å². The van der Waals surface area contributed by atoms with Crippen LogP contribution in [0.5, 0.6) is 0 Å². The van der Waals surface area contributed by atoms with Crippen LogP contribution in [0.2, 0.25) is 0 Å². The summed E-state index contributed by atoms with van der Waals surface area (Å²) in [5.74, 6) is -0.400. The van der Waals surface area contributed by atoms with E-state index < -0.39 is 23.2 Å². The molecule has 1 heterocycles. The Labute approximate surface area is 120 Å². The second-order valence-corrected chi connectivity index (χ2v) is 6.11. The molecule has 0 aromatic rings. The highest BCUT2D eigenvalue weighted by Crippen LogP contribution is 2.34. The van der Waals surface area contributed by atoms with Crippen molar-refractivity contribution >= 4 is 12.1 Å². The van der Waals surface area contributed by atoms with Gasteiger partial charge in [0, 0.05) is 6.54 Å². The van der Waals surface area contributed by atoms with Crippen molar-refractivity contribution in [3.8, 4) is 0 Å². The third-order valence-electron chi connectivity index (χ3n) is 3.40. The molecule has 0 bridgehead atoms. The van der Waals surface area contributed by atoms with Crippen molar-refractivity contribution in [3.05, 3.63) is 12.7 Å². The number of hydrogen-bond acceptors (Lipinski definition) is 4. The number of piperidine rings is 1. The molecular formula is C15H25NO4. The molecule has 114 valence electrons. The van der Waals surface area contributed by atoms with E-state index in [4.69, 9.17) is 9.47 Å². The Hall–Kier alpha value is -1.52. The number of rotatable bonds is 3. The number of esters is 1. The van der Waals surface area contributed by atoms with Gasteiger partial charge in [0.15, 0.2) is 0 Å². The average Bonchev–Trinajstić information content (AvgIpc) is 2.36. The first-order valence-electron chi connectivity index (χ1n) is 6.97. The quantitative estimate of drug-likeness (QED) is 0.590. The van der Waals surface area contributed by atoms with E-state index in [0.29, 0.717) is 19.4 Å². The number of likely N-dealkylation sites (tertiary alicyclic amines) is 1. The molecule has 0 aromatic carbocycles. The van der Waals surface area contributed by atoms with Crippen LogP contribution in [0.3, 0.4) is 0 Å². The van der Waals surface area contributed by atoms with E-state index in [-0.39, 0.29) is 0 Å². The summed E-state index contributed by atoms with van der Waals surface area (Å²) in [4.78, 5) is 26.1. The van der Waals surface area contributed by atoms with E-state index in [0.717, 1.165) is 12.8 Å². The largest absolute Gasteiger partial charge is 0.467 e. The van der Waals surface area contributed by atoms with E-state index in [1.165, 1.54) is 12.0 Å². The zero-order chi connectivity index (χ0) is 15.4. The smallest absolute Gasteiger partial charge is 0.411 e. The SMILES string of the molecule is C=CCC1(C(=O)OC)CCCCN1C(=O)OC(C)(C)C. The van der Waals surface area contributed by atoms with Crippen LogP contribution >= 0.6 is 0 Å². The molecule has 1 aliphatic heterocycles. The molecule has 0 saturated carbocycles. The summed E-state index contributed by atoms with van der Waals surface area (Å²) in [5, 5.41) is 0. The fraction of sp³-hybridized carbons (Fsp3) is 0.733. The first-order valence-corrected chi connectivity index (χ1v) is 6.97. The van der Waals surface area contributed by atoms with E-state index in [9.17, 15) is 9.59 Å². The number of amides is 1. The zero-order valence-corrected chi connectivity index (χ0v) is 12.9. The van der Waals surface area contributed by atoms with Crippen LogP contribution < -0.4 is 0 Å². The van der Waals surface area contributed by atoms with E-state index in [1.807, 2.05) is 20.8 Å². The molecule has 1 rings (SSSR count). The van der Waals surface area contributed by atoms with Gasteiger partial charge in [0.25, 0.3) is 0 Å². The van der Waals surface area contributed by atoms with Gasteiger partial charge in [-0.15, -0.1) is 6.58 Å². The van der Waals surface area contributed by atoms with Gasteiger partial charge in [-0.2, -0.15) is 0 Å². The maximum atomic E-state index is 12.4. The highest BCUT2D eigenvalue weighted by atomic mass is 16.6. The Morgan fingerprint density at radius 1 is 1.35 bits per heavy atom. The molecule has 1 aliphatic rings. The average molecular weight is 283 g/mol. The van der Waals surface area contributed by atoms with Gasteiger partial charge in [0.2, 0.25) is 0 Å². The van der Waals surface area contributed by atoms with Crippen molar-refractivity contribution in [1.82, 2.24) is 4.90 Å². The summed E-state index contributed by atoms with van der Waals surface area (Å²) in [6, 6.07) is 0. The van der Waals surface area contributed by atoms with Gasteiger partial charge in [-0.05, 0) is 46.5 Å². The molecular weight excluding hydrogens is 258 g/mol. The first-order chi connectivity index (χ1) is 9.27. The van der Waals surface area contributed by atoms with Crippen LogP contribution in [0.15, 0.2) is 12.7 Å². The number of carbonyl (C=O) groups is 2. The lowest BCUT2D eigenvalue weighted by Gasteiger charge is -2.44. The molecule has 0 aliphatic carbocycles. The van der Waals surface area contributed by atoms with Crippen LogP contribution in [-0.2, 0) is 14.3 Å². The number of nitrogens with zero attached hydrogens (tertiary/aromatic N) is 1. The molecule has 0 aromatic heterocycles. The van der Waals surface area contributed by atoms with Crippen LogP contribution in [0, 0.1) is 0 Å². The number of hydrogen-bond donors (Lipinski definition) is 0. The summed E-state index contributed by atoms with van der Waals surface area (Å²) in [7, 11) is 1.34. The number of ether oxygens (including phenoxy) is 2. The molecule has 20 heavy (non-hydrogen) atoms. The van der Waals surface area contributed by atoms with Crippen molar-refractivity contribution < 1.29 is 19.1 Å². The Balaban J connectivity index is 3.07. The summed E-state index contributed by atoms with van der Waals surface area (Å²) in [5.41, 5.74) is -1.57. The maximum Gasteiger partial charge on any atom is 0.411 e. The lowest BCUT2D eigenvalue weighted by atomic mass is 9.84. The maximum absolute atomic E-state index is 12.4. The standard InChI is InChI=1S/C15H25NO4/c1-6-9-15(12(17)19-5)10-7-8-11-16(15)13(18)20-14(2,3)4/h6H,1,7-11H2,2-5H3. The predicted molar refractivity (Wildman–Crippen MR) is 76.4 cm³/mol. The van der Waals surface area contributed by atoms with Crippen LogP contribution in [-0.4, -0.2) is 41.8 Å². The van der Waals surface area contributed by atoms with Gasteiger partial charge in [-0.25, -0.2) is 9.59 Å². The Morgan fingerprint density at radius 3 is 2.50 bits per heavy atom. The minimum absolute atomic E-state index is 0.374. The van der Waals surface area contributed by atoms with Crippen LogP contribution in [0.25, 0.3) is 0 Å². The molecule has 1 fully saturated rings. The first kappa shape index (κ1) is 16.5. The highest BCUT2D eigenvalue weighted by Gasteiger charge is 2.49. The molecule has 5 heteroatoms. The monoisotopic (exact) mass is 283 g/mol. The second-order valence-electron chi connectivity index (χ2n) is 6.11. The van der Waals surface area contributed by atoms with Crippen molar-refractivity contribution in [2.45, 2.75) is 57.6 Å². The van der Waals surface area contributed by atoms with Gasteiger partial charge >= 0.3 is 12.1 Å². The van der Waals surface area contributed by atoms with Gasteiger partial charge in [-0.3, -0.25) is 4.90 Å². The van der Waals surface area contributed by atoms with Gasteiger partial charge < -0.3 is 9.47 Å². The van der Waals surface area contributed by atoms with Crippen molar-refractivity contribution in [3.63, 3.8) is 0 Å². The van der Waals surface area contributed by atoms with Crippen molar-refractivity contribution in [2.75, 3.05) is 13.7 Å². The third-order valence-corrected chi connectivity index (χ3v) is 3.40. The summed E-state index contributed by atoms with van der Waals surface area (Å²) in [6.45, 7) is 9.62. The zero-order valence-electron chi connectivity index (χ0n) is 12.9. The van der Waals surface area contributed by atoms with Gasteiger partial charge in [-0.1, -0.05) is 6.08 Å². The van der Waals surface area contributed by atoms with Crippen LogP contribution in [0.4, 0.5) is 4.79 Å². The number of methoxy groups -OCH3 is 1. The van der Waals surface area contributed by atoms with Crippen LogP contribution in [0.1, 0.15) is 46.5 Å². The number of carbonyl (C=O) groups excluding carboxylic acids is 2. The van der Waals surface area contributed by atoms with E-state index in [1.54, 1.807) is 6.08 Å². The fourth-order valence-corrected chi connectivity index (χ4v) is 2.56. The molecule has 0 radical (unpaired) electrons. The molecule has 1 amide bonds. The van der Waals surface area contributed by atoms with E-state index >= 15 is 0 Å². The van der Waals surface area contributed by atoms with Gasteiger partial charge in [0.1, 0.15) is 11.1 Å². The summed E-state index contributed by atoms with van der Waals surface area (Å²) < 4.78 is 10.3. The fourth-order valence-electron chi connectivity index (χ4n) is 2.56.